The van der Waals surface area contributed by atoms with E-state index < -0.39 is 20.0 Å². The van der Waals surface area contributed by atoms with E-state index in [1.807, 2.05) is 11.1 Å². The van der Waals surface area contributed by atoms with Gasteiger partial charge in [0.1, 0.15) is 0 Å². The fourth-order valence-electron chi connectivity index (χ4n) is 8.89. The Labute approximate surface area is 235 Å². The van der Waals surface area contributed by atoms with Crippen LogP contribution in [0.5, 0.6) is 0 Å². The predicted octanol–water partition coefficient (Wildman–Crippen LogP) is 10.7. The topological polar surface area (TPSA) is 0 Å². The van der Waals surface area contributed by atoms with Crippen LogP contribution < -0.4 is 0 Å². The molecule has 0 amide bonds. The largest absolute Gasteiger partial charge is 0.147 e. The smallest absolute Gasteiger partial charge is 0.147 e. The molecule has 3 fully saturated rings. The van der Waals surface area contributed by atoms with Crippen molar-refractivity contribution < 1.29 is 20.0 Å². The number of benzene rings is 2. The van der Waals surface area contributed by atoms with E-state index in [0.29, 0.717) is 0 Å². The number of hydrogen-bond donors (Lipinski definition) is 0. The molecule has 4 aliphatic carbocycles. The van der Waals surface area contributed by atoms with Crippen LogP contribution in [0.4, 0.5) is 0 Å². The molecule has 0 radical (unpaired) electrons. The van der Waals surface area contributed by atoms with Gasteiger partial charge in [-0.15, -0.1) is 24.8 Å². The van der Waals surface area contributed by atoms with Crippen molar-refractivity contribution in [2.24, 2.45) is 11.8 Å². The number of fused-ring (bicyclic) bond motifs is 2. The molecule has 0 aromatic heterocycles. The molecule has 0 spiro atoms. The van der Waals surface area contributed by atoms with Gasteiger partial charge in [-0.3, -0.25) is 0 Å². The summed E-state index contributed by atoms with van der Waals surface area (Å²) in [6, 6.07) is 19.3. The predicted molar refractivity (Wildman–Crippen MR) is 156 cm³/mol. The van der Waals surface area contributed by atoms with Crippen LogP contribution in [-0.2, 0) is 20.0 Å². The van der Waals surface area contributed by atoms with Gasteiger partial charge in [-0.1, -0.05) is 0 Å². The molecule has 0 N–H and O–H groups in total. The molecule has 2 atom stereocenters. The second-order valence-electron chi connectivity index (χ2n) is 12.2. The van der Waals surface area contributed by atoms with Gasteiger partial charge in [0.05, 0.1) is 0 Å². The molecule has 2 aromatic carbocycles. The SMILES string of the molecule is C1=C(C2CCCCC2)[CH]([Hf]2([CH]3C(C4CCCCC4)=Cc4ccccc43)[CH2]C[CH2]2)c2ccccc21.Cl.Cl. The first-order chi connectivity index (χ1) is 16.9. The van der Waals surface area contributed by atoms with Crippen LogP contribution in [-0.4, -0.2) is 0 Å². The van der Waals surface area contributed by atoms with Crippen molar-refractivity contribution in [3.05, 3.63) is 81.9 Å². The summed E-state index contributed by atoms with van der Waals surface area (Å²) >= 11 is -2.80. The standard InChI is InChI=1S/2C15H17.C3H6.2ClH.Hf/c2*1-2-6-12(7-3-1)15-10-13-8-4-5-9-14(13)11-15;1-3-2;;;/h2*4-5,8-12H,1-3,6-7H2;1-3H2;2*1H;. The maximum atomic E-state index is 2.72. The molecule has 0 nitrogen and oxygen atoms in total. The third kappa shape index (κ3) is 4.38. The molecule has 36 heavy (non-hydrogen) atoms. The van der Waals surface area contributed by atoms with Crippen LogP contribution in [0, 0.1) is 11.8 Å². The summed E-state index contributed by atoms with van der Waals surface area (Å²) in [5.41, 5.74) is 10.6. The van der Waals surface area contributed by atoms with E-state index in [0.717, 1.165) is 19.2 Å². The van der Waals surface area contributed by atoms with Crippen LogP contribution in [0.2, 0.25) is 8.35 Å². The normalized spacial score (nSPS) is 27.0. The van der Waals surface area contributed by atoms with E-state index in [-0.39, 0.29) is 24.8 Å². The molecule has 5 aliphatic rings. The van der Waals surface area contributed by atoms with Crippen molar-refractivity contribution in [1.82, 2.24) is 0 Å². The molecule has 192 valence electrons. The third-order valence-electron chi connectivity index (χ3n) is 10.5. The Kier molecular flexibility index (Phi) is 8.41. The van der Waals surface area contributed by atoms with Crippen LogP contribution in [0.3, 0.4) is 0 Å². The molecular weight excluding hydrogens is 646 g/mol. The van der Waals surface area contributed by atoms with E-state index in [4.69, 9.17) is 0 Å². The van der Waals surface area contributed by atoms with Gasteiger partial charge in [-0.05, 0) is 0 Å². The maximum Gasteiger partial charge on any atom is -0.147 e. The van der Waals surface area contributed by atoms with E-state index in [1.54, 1.807) is 30.6 Å². The minimum absolute atomic E-state index is 0. The first kappa shape index (κ1) is 27.0. The number of halogens is 2. The quantitative estimate of drug-likeness (QED) is 0.281. The van der Waals surface area contributed by atoms with E-state index in [2.05, 4.69) is 60.7 Å². The van der Waals surface area contributed by atoms with Gasteiger partial charge in [0.25, 0.3) is 0 Å². The van der Waals surface area contributed by atoms with Crippen molar-refractivity contribution in [2.75, 3.05) is 0 Å². The maximum absolute atomic E-state index is 2.80. The van der Waals surface area contributed by atoms with Crippen LogP contribution >= 0.6 is 24.8 Å². The van der Waals surface area contributed by atoms with Gasteiger partial charge in [0.2, 0.25) is 0 Å². The number of allylic oxidation sites excluding steroid dienone is 2. The average molecular weight is 688 g/mol. The van der Waals surface area contributed by atoms with Gasteiger partial charge < -0.3 is 0 Å². The fraction of sp³-hybridized carbons (Fsp3) is 0.515. The first-order valence-electron chi connectivity index (χ1n) is 14.5. The average Bonchev–Trinajstić information content (AvgIpc) is 3.45. The zero-order valence-electron chi connectivity index (χ0n) is 21.6. The van der Waals surface area contributed by atoms with Crippen LogP contribution in [0.15, 0.2) is 59.7 Å². The zero-order chi connectivity index (χ0) is 22.5. The van der Waals surface area contributed by atoms with Gasteiger partial charge in [0.15, 0.2) is 0 Å². The molecule has 1 saturated heterocycles. The molecule has 1 aliphatic heterocycles. The molecule has 0 bridgehead atoms. The Balaban J connectivity index is 0.00000133. The zero-order valence-corrected chi connectivity index (χ0v) is 26.8. The minimum atomic E-state index is -2.80. The first-order valence-corrected chi connectivity index (χ1v) is 23.7. The Hall–Kier alpha value is -0.630. The third-order valence-corrected chi connectivity index (χ3v) is 32.6. The molecule has 7 rings (SSSR count). The summed E-state index contributed by atoms with van der Waals surface area (Å²) in [7, 11) is 0. The molecular formula is C33H42Cl2Hf. The summed E-state index contributed by atoms with van der Waals surface area (Å²) in [4.78, 5) is 0. The van der Waals surface area contributed by atoms with Crippen molar-refractivity contribution in [3.8, 4) is 0 Å². The van der Waals surface area contributed by atoms with Crippen LogP contribution in [0.25, 0.3) is 12.2 Å². The Morgan fingerprint density at radius 2 is 0.917 bits per heavy atom. The van der Waals surface area contributed by atoms with Gasteiger partial charge in [0, 0.05) is 0 Å². The van der Waals surface area contributed by atoms with Gasteiger partial charge >= 0.3 is 212 Å². The van der Waals surface area contributed by atoms with E-state index in [1.165, 1.54) is 70.6 Å². The summed E-state index contributed by atoms with van der Waals surface area (Å²) < 4.78 is 4.95. The van der Waals surface area contributed by atoms with Crippen molar-refractivity contribution in [2.45, 2.75) is 86.3 Å². The summed E-state index contributed by atoms with van der Waals surface area (Å²) in [5.74, 6) is 1.73. The fourth-order valence-corrected chi connectivity index (χ4v) is 31.8. The molecule has 3 heteroatoms. The van der Waals surface area contributed by atoms with Crippen molar-refractivity contribution >= 4 is 37.0 Å². The summed E-state index contributed by atoms with van der Waals surface area (Å²) in [5, 5.41) is 0. The monoisotopic (exact) mass is 688 g/mol. The molecule has 2 unspecified atom stereocenters. The summed E-state index contributed by atoms with van der Waals surface area (Å²) in [6.07, 6.45) is 21.5. The second-order valence-corrected chi connectivity index (χ2v) is 28.8. The molecule has 2 aromatic rings. The number of rotatable bonds is 4. The van der Waals surface area contributed by atoms with Gasteiger partial charge in [-0.2, -0.15) is 0 Å². The Bertz CT molecular complexity index is 1050. The Morgan fingerprint density at radius 1 is 0.500 bits per heavy atom. The second kappa shape index (κ2) is 11.2. The van der Waals surface area contributed by atoms with Gasteiger partial charge in [-0.25, -0.2) is 0 Å². The van der Waals surface area contributed by atoms with E-state index >= 15 is 0 Å². The molecule has 1 heterocycles. The van der Waals surface area contributed by atoms with Crippen molar-refractivity contribution in [3.63, 3.8) is 0 Å². The molecule has 2 saturated carbocycles. The van der Waals surface area contributed by atoms with E-state index in [9.17, 15) is 0 Å². The number of hydrogen-bond acceptors (Lipinski definition) is 0. The van der Waals surface area contributed by atoms with Crippen molar-refractivity contribution in [1.29, 1.82) is 0 Å². The summed E-state index contributed by atoms with van der Waals surface area (Å²) in [6.45, 7) is 0. The van der Waals surface area contributed by atoms with Crippen LogP contribution in [0.1, 0.15) is 100 Å². The Morgan fingerprint density at radius 3 is 1.31 bits per heavy atom. The minimum Gasteiger partial charge on any atom is -0.147 e.